The van der Waals surface area contributed by atoms with Crippen molar-refractivity contribution in [2.75, 3.05) is 19.1 Å². The molecule has 1 aliphatic rings. The standard InChI is InChI=1S/C29H33F3N2O3/c1-19-4-9-22(35)16-25(19)28-26(29(30,31)32)14-15-27(33-28)34(17-20-5-10-23(36-2)11-6-20)18-21-7-12-24(37-3)13-8-21/h5-8,10-15,19,22,25,35H,4,9,16-18H2,1-3H3. The van der Waals surface area contributed by atoms with Crippen LogP contribution in [0.15, 0.2) is 60.7 Å². The lowest BCUT2D eigenvalue weighted by Crippen LogP contribution is -2.29. The predicted octanol–water partition coefficient (Wildman–Crippen LogP) is 6.59. The molecule has 1 N–H and O–H groups in total. The average molecular weight is 515 g/mol. The molecule has 198 valence electrons. The van der Waals surface area contributed by atoms with E-state index in [4.69, 9.17) is 9.47 Å². The number of benzene rings is 2. The number of nitrogens with zero attached hydrogens (tertiary/aromatic N) is 2. The zero-order chi connectivity index (χ0) is 26.6. The number of aliphatic hydroxyl groups excluding tert-OH is 1. The van der Waals surface area contributed by atoms with Crippen molar-refractivity contribution in [3.63, 3.8) is 0 Å². The van der Waals surface area contributed by atoms with E-state index in [9.17, 15) is 18.3 Å². The molecule has 1 fully saturated rings. The summed E-state index contributed by atoms with van der Waals surface area (Å²) in [5, 5.41) is 10.3. The van der Waals surface area contributed by atoms with Crippen LogP contribution in [0.25, 0.3) is 0 Å². The molecule has 0 bridgehead atoms. The zero-order valence-corrected chi connectivity index (χ0v) is 21.3. The fourth-order valence-corrected chi connectivity index (χ4v) is 4.96. The van der Waals surface area contributed by atoms with Gasteiger partial charge in [-0.15, -0.1) is 0 Å². The van der Waals surface area contributed by atoms with Crippen LogP contribution in [-0.4, -0.2) is 30.4 Å². The number of rotatable bonds is 8. The van der Waals surface area contributed by atoms with Gasteiger partial charge in [0.15, 0.2) is 0 Å². The molecule has 0 amide bonds. The van der Waals surface area contributed by atoms with E-state index in [-0.39, 0.29) is 18.0 Å². The summed E-state index contributed by atoms with van der Waals surface area (Å²) in [5.74, 6) is 1.44. The number of pyridine rings is 1. The number of halogens is 3. The third-order valence-corrected chi connectivity index (χ3v) is 7.12. The van der Waals surface area contributed by atoms with Gasteiger partial charge in [0.25, 0.3) is 0 Å². The second kappa shape index (κ2) is 11.4. The Labute approximate surface area is 215 Å². The smallest absolute Gasteiger partial charge is 0.418 e. The molecule has 8 heteroatoms. The van der Waals surface area contributed by atoms with E-state index in [1.807, 2.05) is 60.4 Å². The van der Waals surface area contributed by atoms with E-state index < -0.39 is 23.8 Å². The molecule has 0 spiro atoms. The zero-order valence-electron chi connectivity index (χ0n) is 21.3. The molecule has 5 nitrogen and oxygen atoms in total. The Balaban J connectivity index is 1.74. The van der Waals surface area contributed by atoms with Crippen molar-refractivity contribution in [3.05, 3.63) is 83.0 Å². The van der Waals surface area contributed by atoms with Gasteiger partial charge >= 0.3 is 6.18 Å². The van der Waals surface area contributed by atoms with Crippen LogP contribution in [0.2, 0.25) is 0 Å². The Morgan fingerprint density at radius 3 is 1.89 bits per heavy atom. The Morgan fingerprint density at radius 1 is 0.865 bits per heavy atom. The molecule has 4 rings (SSSR count). The maximum Gasteiger partial charge on any atom is 0.418 e. The number of aromatic nitrogens is 1. The maximum atomic E-state index is 14.1. The number of aliphatic hydroxyl groups is 1. The number of methoxy groups -OCH3 is 2. The molecule has 3 unspecified atom stereocenters. The van der Waals surface area contributed by atoms with Gasteiger partial charge in [0.2, 0.25) is 0 Å². The van der Waals surface area contributed by atoms with Crippen LogP contribution in [0.4, 0.5) is 19.0 Å². The van der Waals surface area contributed by atoms with E-state index in [0.717, 1.165) is 28.7 Å². The molecular weight excluding hydrogens is 481 g/mol. The summed E-state index contributed by atoms with van der Waals surface area (Å²) in [7, 11) is 3.20. The summed E-state index contributed by atoms with van der Waals surface area (Å²) in [6.45, 7) is 2.82. The lowest BCUT2D eigenvalue weighted by atomic mass is 9.76. The molecule has 0 saturated heterocycles. The van der Waals surface area contributed by atoms with Crippen LogP contribution in [0, 0.1) is 5.92 Å². The Bertz CT molecular complexity index is 1120. The van der Waals surface area contributed by atoms with Gasteiger partial charge in [-0.3, -0.25) is 0 Å². The van der Waals surface area contributed by atoms with Crippen molar-refractivity contribution in [3.8, 4) is 11.5 Å². The van der Waals surface area contributed by atoms with Crippen molar-refractivity contribution in [1.82, 2.24) is 4.98 Å². The third-order valence-electron chi connectivity index (χ3n) is 7.12. The van der Waals surface area contributed by atoms with Gasteiger partial charge in [-0.25, -0.2) is 4.98 Å². The molecule has 37 heavy (non-hydrogen) atoms. The van der Waals surface area contributed by atoms with Crippen molar-refractivity contribution in [1.29, 1.82) is 0 Å². The van der Waals surface area contributed by atoms with Gasteiger partial charge < -0.3 is 19.5 Å². The SMILES string of the molecule is COc1ccc(CN(Cc2ccc(OC)cc2)c2ccc(C(F)(F)F)c(C3CC(O)CCC3C)n2)cc1. The number of hydrogen-bond donors (Lipinski definition) is 1. The quantitative estimate of drug-likeness (QED) is 0.368. The first-order chi connectivity index (χ1) is 17.7. The van der Waals surface area contributed by atoms with Crippen LogP contribution >= 0.6 is 0 Å². The van der Waals surface area contributed by atoms with Crippen molar-refractivity contribution in [2.45, 2.75) is 57.5 Å². The minimum Gasteiger partial charge on any atom is -0.497 e. The lowest BCUT2D eigenvalue weighted by Gasteiger charge is -2.34. The highest BCUT2D eigenvalue weighted by molar-refractivity contribution is 5.46. The molecule has 3 aromatic rings. The second-order valence-electron chi connectivity index (χ2n) is 9.70. The molecule has 0 radical (unpaired) electrons. The number of ether oxygens (including phenoxy) is 2. The van der Waals surface area contributed by atoms with Gasteiger partial charge in [0.05, 0.1) is 31.6 Å². The van der Waals surface area contributed by atoms with E-state index >= 15 is 0 Å². The van der Waals surface area contributed by atoms with Crippen LogP contribution in [0.5, 0.6) is 11.5 Å². The molecule has 1 aromatic heterocycles. The lowest BCUT2D eigenvalue weighted by molar-refractivity contribution is -0.139. The summed E-state index contributed by atoms with van der Waals surface area (Å²) in [6.07, 6.45) is -3.62. The molecule has 3 atom stereocenters. The van der Waals surface area contributed by atoms with Gasteiger partial charge in [-0.2, -0.15) is 13.2 Å². The summed E-state index contributed by atoms with van der Waals surface area (Å²) >= 11 is 0. The first-order valence-electron chi connectivity index (χ1n) is 12.4. The molecule has 2 aromatic carbocycles. The molecule has 1 saturated carbocycles. The van der Waals surface area contributed by atoms with Crippen LogP contribution in [0.3, 0.4) is 0 Å². The maximum absolute atomic E-state index is 14.1. The minimum absolute atomic E-state index is 0.0103. The second-order valence-corrected chi connectivity index (χ2v) is 9.70. The largest absolute Gasteiger partial charge is 0.497 e. The fraction of sp³-hybridized carbons (Fsp3) is 0.414. The van der Waals surface area contributed by atoms with E-state index in [0.29, 0.717) is 31.7 Å². The monoisotopic (exact) mass is 514 g/mol. The molecule has 1 aliphatic carbocycles. The van der Waals surface area contributed by atoms with Crippen LogP contribution in [-0.2, 0) is 19.3 Å². The Kier molecular flexibility index (Phi) is 8.27. The Morgan fingerprint density at radius 2 is 1.41 bits per heavy atom. The highest BCUT2D eigenvalue weighted by Crippen LogP contribution is 2.43. The summed E-state index contributed by atoms with van der Waals surface area (Å²) in [5.41, 5.74) is 1.24. The van der Waals surface area contributed by atoms with Gasteiger partial charge in [0, 0.05) is 19.0 Å². The first kappa shape index (κ1) is 26.8. The highest BCUT2D eigenvalue weighted by Gasteiger charge is 2.39. The van der Waals surface area contributed by atoms with E-state index in [1.54, 1.807) is 14.2 Å². The topological polar surface area (TPSA) is 54.8 Å². The highest BCUT2D eigenvalue weighted by atomic mass is 19.4. The fourth-order valence-electron chi connectivity index (χ4n) is 4.96. The van der Waals surface area contributed by atoms with Crippen LogP contribution in [0.1, 0.15) is 54.5 Å². The normalized spacial score (nSPS) is 19.9. The van der Waals surface area contributed by atoms with E-state index in [2.05, 4.69) is 4.98 Å². The molecule has 0 aliphatic heterocycles. The number of hydrogen-bond acceptors (Lipinski definition) is 5. The van der Waals surface area contributed by atoms with Gasteiger partial charge in [0.1, 0.15) is 17.3 Å². The summed E-state index contributed by atoms with van der Waals surface area (Å²) in [6, 6.07) is 17.8. The minimum atomic E-state index is -4.53. The predicted molar refractivity (Wildman–Crippen MR) is 137 cm³/mol. The average Bonchev–Trinajstić information content (AvgIpc) is 2.89. The first-order valence-corrected chi connectivity index (χ1v) is 12.4. The molecule has 1 heterocycles. The van der Waals surface area contributed by atoms with Gasteiger partial charge in [-0.1, -0.05) is 31.2 Å². The van der Waals surface area contributed by atoms with Crippen molar-refractivity contribution >= 4 is 5.82 Å². The van der Waals surface area contributed by atoms with Crippen LogP contribution < -0.4 is 14.4 Å². The molecular formula is C29H33F3N2O3. The van der Waals surface area contributed by atoms with E-state index in [1.165, 1.54) is 6.07 Å². The van der Waals surface area contributed by atoms with Crippen molar-refractivity contribution in [2.24, 2.45) is 5.92 Å². The third kappa shape index (κ3) is 6.55. The number of alkyl halides is 3. The summed E-state index contributed by atoms with van der Waals surface area (Å²) in [4.78, 5) is 6.62. The van der Waals surface area contributed by atoms with Gasteiger partial charge in [-0.05, 0) is 72.7 Å². The summed E-state index contributed by atoms with van der Waals surface area (Å²) < 4.78 is 52.7. The number of anilines is 1. The Hall–Kier alpha value is -3.26. The van der Waals surface area contributed by atoms with Crippen molar-refractivity contribution < 1.29 is 27.8 Å².